The maximum atomic E-state index is 11.5. The summed E-state index contributed by atoms with van der Waals surface area (Å²) in [6.07, 6.45) is 5.44. The lowest BCUT2D eigenvalue weighted by molar-refractivity contribution is -0.145. The zero-order valence-corrected chi connectivity index (χ0v) is 10.2. The van der Waals surface area contributed by atoms with Gasteiger partial charge >= 0.3 is 5.97 Å². The fourth-order valence-corrected chi connectivity index (χ4v) is 2.07. The lowest BCUT2D eigenvalue weighted by Crippen LogP contribution is -2.40. The van der Waals surface area contributed by atoms with Gasteiger partial charge in [-0.05, 0) is 25.3 Å². The predicted octanol–water partition coefficient (Wildman–Crippen LogP) is 1.17. The molecule has 1 atom stereocenters. The first-order chi connectivity index (χ1) is 8.20. The number of methoxy groups -OCH3 is 1. The first-order valence-corrected chi connectivity index (χ1v) is 5.82. The molecule has 5 nitrogen and oxygen atoms in total. The Hall–Kier alpha value is -1.65. The van der Waals surface area contributed by atoms with Gasteiger partial charge in [-0.15, -0.1) is 0 Å². The van der Waals surface area contributed by atoms with Crippen LogP contribution in [0.5, 0.6) is 0 Å². The summed E-state index contributed by atoms with van der Waals surface area (Å²) < 4.78 is 4.79. The summed E-state index contributed by atoms with van der Waals surface area (Å²) >= 11 is 0. The number of carbonyl (C=O) groups excluding carboxylic acids is 1. The van der Waals surface area contributed by atoms with Crippen LogP contribution in [0.15, 0.2) is 12.4 Å². The summed E-state index contributed by atoms with van der Waals surface area (Å²) in [5.41, 5.74) is 1.04. The SMILES string of the molecule is COC(=O)C1CCCN(c2ncc(C)cn2)C1. The smallest absolute Gasteiger partial charge is 0.310 e. The molecular weight excluding hydrogens is 218 g/mol. The molecule has 0 aliphatic carbocycles. The van der Waals surface area contributed by atoms with Crippen molar-refractivity contribution in [3.63, 3.8) is 0 Å². The van der Waals surface area contributed by atoms with E-state index in [1.54, 1.807) is 12.4 Å². The van der Waals surface area contributed by atoms with Crippen molar-refractivity contribution >= 4 is 11.9 Å². The molecule has 0 aromatic carbocycles. The summed E-state index contributed by atoms with van der Waals surface area (Å²) in [5, 5.41) is 0. The Balaban J connectivity index is 2.06. The second-order valence-corrected chi connectivity index (χ2v) is 4.37. The van der Waals surface area contributed by atoms with Crippen molar-refractivity contribution in [2.45, 2.75) is 19.8 Å². The third kappa shape index (κ3) is 2.72. The van der Waals surface area contributed by atoms with Crippen molar-refractivity contribution < 1.29 is 9.53 Å². The molecular formula is C12H17N3O2. The van der Waals surface area contributed by atoms with Crippen molar-refractivity contribution in [2.75, 3.05) is 25.1 Å². The standard InChI is InChI=1S/C12H17N3O2/c1-9-6-13-12(14-7-9)15-5-3-4-10(8-15)11(16)17-2/h6-7,10H,3-5,8H2,1-2H3. The summed E-state index contributed by atoms with van der Waals surface area (Å²) in [5.74, 6) is 0.504. The van der Waals surface area contributed by atoms with Crippen molar-refractivity contribution in [3.8, 4) is 0 Å². The Kier molecular flexibility index (Phi) is 3.56. The van der Waals surface area contributed by atoms with Crippen LogP contribution in [0.25, 0.3) is 0 Å². The molecule has 1 aromatic heterocycles. The number of ether oxygens (including phenoxy) is 1. The first kappa shape index (κ1) is 11.8. The summed E-state index contributed by atoms with van der Waals surface area (Å²) in [7, 11) is 1.43. The van der Waals surface area contributed by atoms with Gasteiger partial charge in [0.25, 0.3) is 0 Å². The predicted molar refractivity (Wildman–Crippen MR) is 63.7 cm³/mol. The first-order valence-electron chi connectivity index (χ1n) is 5.82. The molecule has 1 aromatic rings. The van der Waals surface area contributed by atoms with Gasteiger partial charge in [0.15, 0.2) is 0 Å². The normalized spacial score (nSPS) is 20.1. The van der Waals surface area contributed by atoms with Crippen LogP contribution >= 0.6 is 0 Å². The Morgan fingerprint density at radius 1 is 1.47 bits per heavy atom. The number of esters is 1. The highest BCUT2D eigenvalue weighted by atomic mass is 16.5. The molecule has 2 rings (SSSR count). The van der Waals surface area contributed by atoms with Crippen LogP contribution in [0.3, 0.4) is 0 Å². The van der Waals surface area contributed by atoms with E-state index in [0.717, 1.165) is 24.9 Å². The molecule has 1 aliphatic heterocycles. The number of carbonyl (C=O) groups is 1. The lowest BCUT2D eigenvalue weighted by Gasteiger charge is -2.31. The Morgan fingerprint density at radius 2 is 2.18 bits per heavy atom. The number of piperidine rings is 1. The number of anilines is 1. The molecule has 0 bridgehead atoms. The van der Waals surface area contributed by atoms with E-state index in [0.29, 0.717) is 12.5 Å². The van der Waals surface area contributed by atoms with Gasteiger partial charge in [-0.2, -0.15) is 0 Å². The molecule has 1 aliphatic rings. The number of aromatic nitrogens is 2. The van der Waals surface area contributed by atoms with Gasteiger partial charge in [0, 0.05) is 25.5 Å². The Bertz CT molecular complexity index is 391. The van der Waals surface area contributed by atoms with Gasteiger partial charge in [-0.1, -0.05) is 0 Å². The summed E-state index contributed by atoms with van der Waals surface area (Å²) in [4.78, 5) is 22.1. The number of hydrogen-bond acceptors (Lipinski definition) is 5. The third-order valence-electron chi connectivity index (χ3n) is 3.01. The van der Waals surface area contributed by atoms with Gasteiger partial charge in [0.1, 0.15) is 0 Å². The lowest BCUT2D eigenvalue weighted by atomic mass is 9.98. The van der Waals surface area contributed by atoms with E-state index in [9.17, 15) is 4.79 Å². The maximum Gasteiger partial charge on any atom is 0.310 e. The van der Waals surface area contributed by atoms with Gasteiger partial charge < -0.3 is 9.64 Å². The van der Waals surface area contributed by atoms with Crippen molar-refractivity contribution in [1.82, 2.24) is 9.97 Å². The molecule has 0 spiro atoms. The average Bonchev–Trinajstić information content (AvgIpc) is 2.39. The van der Waals surface area contributed by atoms with Gasteiger partial charge in [0.05, 0.1) is 13.0 Å². The van der Waals surface area contributed by atoms with Crippen LogP contribution in [0, 0.1) is 12.8 Å². The molecule has 0 saturated carbocycles. The van der Waals surface area contributed by atoms with Crippen LogP contribution in [0.2, 0.25) is 0 Å². The third-order valence-corrected chi connectivity index (χ3v) is 3.01. The van der Waals surface area contributed by atoms with Gasteiger partial charge in [0.2, 0.25) is 5.95 Å². The van der Waals surface area contributed by atoms with E-state index in [-0.39, 0.29) is 11.9 Å². The van der Waals surface area contributed by atoms with Gasteiger partial charge in [-0.3, -0.25) is 4.79 Å². The van der Waals surface area contributed by atoms with Crippen molar-refractivity contribution in [3.05, 3.63) is 18.0 Å². The molecule has 1 fully saturated rings. The molecule has 5 heteroatoms. The summed E-state index contributed by atoms with van der Waals surface area (Å²) in [6.45, 7) is 3.50. The fraction of sp³-hybridized carbons (Fsp3) is 0.583. The molecule has 0 amide bonds. The van der Waals surface area contributed by atoms with Crippen LogP contribution in [0.1, 0.15) is 18.4 Å². The van der Waals surface area contributed by atoms with Crippen LogP contribution < -0.4 is 4.90 Å². The molecule has 92 valence electrons. The quantitative estimate of drug-likeness (QED) is 0.720. The van der Waals surface area contributed by atoms with Crippen molar-refractivity contribution in [1.29, 1.82) is 0 Å². The minimum atomic E-state index is -0.137. The van der Waals surface area contributed by atoms with Crippen molar-refractivity contribution in [2.24, 2.45) is 5.92 Å². The number of aryl methyl sites for hydroxylation is 1. The minimum Gasteiger partial charge on any atom is -0.469 e. The maximum absolute atomic E-state index is 11.5. The molecule has 0 N–H and O–H groups in total. The Morgan fingerprint density at radius 3 is 2.82 bits per heavy atom. The van der Waals surface area contributed by atoms with Crippen LogP contribution in [-0.4, -0.2) is 36.1 Å². The Labute approximate surface area is 101 Å². The fourth-order valence-electron chi connectivity index (χ4n) is 2.07. The molecule has 1 saturated heterocycles. The van der Waals surface area contributed by atoms with E-state index < -0.39 is 0 Å². The number of rotatable bonds is 2. The minimum absolute atomic E-state index is 0.0568. The van der Waals surface area contributed by atoms with E-state index in [1.165, 1.54) is 7.11 Å². The van der Waals surface area contributed by atoms with E-state index >= 15 is 0 Å². The number of nitrogens with zero attached hydrogens (tertiary/aromatic N) is 3. The topological polar surface area (TPSA) is 55.3 Å². The molecule has 2 heterocycles. The molecule has 0 radical (unpaired) electrons. The largest absolute Gasteiger partial charge is 0.469 e. The second-order valence-electron chi connectivity index (χ2n) is 4.37. The van der Waals surface area contributed by atoms with Gasteiger partial charge in [-0.25, -0.2) is 9.97 Å². The average molecular weight is 235 g/mol. The summed E-state index contributed by atoms with van der Waals surface area (Å²) in [6, 6.07) is 0. The zero-order valence-electron chi connectivity index (χ0n) is 10.2. The van der Waals surface area contributed by atoms with E-state index in [1.807, 2.05) is 11.8 Å². The number of hydrogen-bond donors (Lipinski definition) is 0. The molecule has 17 heavy (non-hydrogen) atoms. The van der Waals surface area contributed by atoms with E-state index in [2.05, 4.69) is 9.97 Å². The molecule has 1 unspecified atom stereocenters. The zero-order chi connectivity index (χ0) is 12.3. The van der Waals surface area contributed by atoms with Crippen LogP contribution in [0.4, 0.5) is 5.95 Å². The van der Waals surface area contributed by atoms with E-state index in [4.69, 9.17) is 4.74 Å². The highest BCUT2D eigenvalue weighted by Gasteiger charge is 2.27. The van der Waals surface area contributed by atoms with Crippen LogP contribution in [-0.2, 0) is 9.53 Å². The second kappa shape index (κ2) is 5.12. The highest BCUT2D eigenvalue weighted by Crippen LogP contribution is 2.20. The highest BCUT2D eigenvalue weighted by molar-refractivity contribution is 5.73. The monoisotopic (exact) mass is 235 g/mol.